The van der Waals surface area contributed by atoms with Crippen LogP contribution in [0.25, 0.3) is 0 Å². The van der Waals surface area contributed by atoms with E-state index in [0.717, 1.165) is 27.8 Å². The molecule has 1 aliphatic heterocycles. The summed E-state index contributed by atoms with van der Waals surface area (Å²) in [6.45, 7) is 2.03. The van der Waals surface area contributed by atoms with Crippen molar-refractivity contribution in [2.75, 3.05) is 6.61 Å². The van der Waals surface area contributed by atoms with Crippen LogP contribution in [-0.2, 0) is 50.1 Å². The van der Waals surface area contributed by atoms with Crippen LogP contribution in [0.15, 0.2) is 132 Å². The first kappa shape index (κ1) is 29.4. The Balaban J connectivity index is 1.38. The summed E-state index contributed by atoms with van der Waals surface area (Å²) >= 11 is 3.58. The minimum atomic E-state index is -0.641. The summed E-state index contributed by atoms with van der Waals surface area (Å²) in [6.07, 6.45) is -1.94. The van der Waals surface area contributed by atoms with Crippen LogP contribution >= 0.6 is 15.9 Å². The first-order valence-corrected chi connectivity index (χ1v) is 14.8. The Kier molecular flexibility index (Phi) is 11.3. The fourth-order valence-corrected chi connectivity index (χ4v) is 5.22. The van der Waals surface area contributed by atoms with Crippen molar-refractivity contribution in [3.63, 3.8) is 0 Å². The van der Waals surface area contributed by atoms with Gasteiger partial charge >= 0.3 is 0 Å². The summed E-state index contributed by atoms with van der Waals surface area (Å²) in [5.74, 6) is 0. The van der Waals surface area contributed by atoms with Gasteiger partial charge in [0.25, 0.3) is 0 Å². The second-order valence-electron chi connectivity index (χ2n) is 9.89. The maximum absolute atomic E-state index is 6.61. The van der Waals surface area contributed by atoms with Crippen LogP contribution in [0.5, 0.6) is 0 Å². The smallest absolute Gasteiger partial charge is 0.184 e. The Labute approximate surface area is 250 Å². The molecule has 6 heteroatoms. The Hall–Kier alpha value is -3.10. The predicted octanol–water partition coefficient (Wildman–Crippen LogP) is 7.59. The zero-order chi connectivity index (χ0) is 28.1. The zero-order valence-corrected chi connectivity index (χ0v) is 24.5. The highest BCUT2D eigenvalue weighted by atomic mass is 79.9. The molecule has 4 aromatic carbocycles. The third kappa shape index (κ3) is 8.69. The lowest BCUT2D eigenvalue weighted by molar-refractivity contribution is -0.252. The van der Waals surface area contributed by atoms with Crippen molar-refractivity contribution in [2.45, 2.75) is 51.0 Å². The van der Waals surface area contributed by atoms with Gasteiger partial charge < -0.3 is 23.7 Å². The van der Waals surface area contributed by atoms with Gasteiger partial charge in [-0.2, -0.15) is 0 Å². The molecule has 4 atom stereocenters. The molecule has 0 radical (unpaired) electrons. The quantitative estimate of drug-likeness (QED) is 0.155. The van der Waals surface area contributed by atoms with Crippen LogP contribution in [0.2, 0.25) is 0 Å². The van der Waals surface area contributed by atoms with E-state index in [1.807, 2.05) is 102 Å². The summed E-state index contributed by atoms with van der Waals surface area (Å²) in [5, 5.41) is 0. The van der Waals surface area contributed by atoms with Gasteiger partial charge in [0.15, 0.2) is 6.29 Å². The molecule has 1 saturated heterocycles. The summed E-state index contributed by atoms with van der Waals surface area (Å²) in [6, 6.07) is 40.5. The van der Waals surface area contributed by atoms with Gasteiger partial charge in [0.2, 0.25) is 0 Å². The highest BCUT2D eigenvalue weighted by Gasteiger charge is 2.44. The van der Waals surface area contributed by atoms with E-state index in [0.29, 0.717) is 33.0 Å². The normalized spacial score (nSPS) is 21.6. The van der Waals surface area contributed by atoms with Gasteiger partial charge in [0.1, 0.15) is 18.3 Å². The zero-order valence-electron chi connectivity index (χ0n) is 22.9. The summed E-state index contributed by atoms with van der Waals surface area (Å²) in [7, 11) is 0. The van der Waals surface area contributed by atoms with Crippen LogP contribution in [0, 0.1) is 0 Å². The SMILES string of the molecule is Br/C=C1/[C@@H](OCc2ccccc2)O[C@H](COCc2ccccc2)[C@@H](OCc2ccccc2)[C@@H]1OCc1ccccc1. The molecule has 5 nitrogen and oxygen atoms in total. The second kappa shape index (κ2) is 15.8. The molecule has 5 rings (SSSR count). The van der Waals surface area contributed by atoms with E-state index in [9.17, 15) is 0 Å². The molecule has 0 bridgehead atoms. The van der Waals surface area contributed by atoms with Crippen molar-refractivity contribution in [1.29, 1.82) is 0 Å². The third-order valence-electron chi connectivity index (χ3n) is 6.89. The van der Waals surface area contributed by atoms with Gasteiger partial charge in [-0.25, -0.2) is 0 Å². The highest BCUT2D eigenvalue weighted by Crippen LogP contribution is 2.33. The van der Waals surface area contributed by atoms with Gasteiger partial charge in [0.05, 0.1) is 33.0 Å². The molecule has 0 aliphatic carbocycles. The molecule has 4 aromatic rings. The van der Waals surface area contributed by atoms with Crippen molar-refractivity contribution < 1.29 is 23.7 Å². The van der Waals surface area contributed by atoms with Crippen LogP contribution in [0.4, 0.5) is 0 Å². The molecule has 0 aromatic heterocycles. The van der Waals surface area contributed by atoms with Crippen molar-refractivity contribution >= 4 is 15.9 Å². The minimum absolute atomic E-state index is 0.320. The number of hydrogen-bond donors (Lipinski definition) is 0. The van der Waals surface area contributed by atoms with Crippen molar-refractivity contribution in [1.82, 2.24) is 0 Å². The average molecular weight is 616 g/mol. The lowest BCUT2D eigenvalue weighted by Gasteiger charge is -2.42. The number of ether oxygens (including phenoxy) is 5. The van der Waals surface area contributed by atoms with Crippen molar-refractivity contribution in [2.24, 2.45) is 0 Å². The average Bonchev–Trinajstić information content (AvgIpc) is 3.04. The van der Waals surface area contributed by atoms with E-state index in [1.54, 1.807) is 0 Å². The molecule has 0 saturated carbocycles. The molecule has 0 unspecified atom stereocenters. The third-order valence-corrected chi connectivity index (χ3v) is 7.41. The number of hydrogen-bond acceptors (Lipinski definition) is 5. The van der Waals surface area contributed by atoms with E-state index in [2.05, 4.69) is 40.2 Å². The summed E-state index contributed by atoms with van der Waals surface area (Å²) in [4.78, 5) is 1.85. The molecule has 0 spiro atoms. The topological polar surface area (TPSA) is 46.2 Å². The predicted molar refractivity (Wildman–Crippen MR) is 163 cm³/mol. The molecule has 0 amide bonds. The first-order chi connectivity index (χ1) is 20.3. The molecular formula is C35H35BrO5. The monoisotopic (exact) mass is 614 g/mol. The Bertz CT molecular complexity index is 1320. The van der Waals surface area contributed by atoms with E-state index < -0.39 is 24.6 Å². The summed E-state index contributed by atoms with van der Waals surface area (Å²) < 4.78 is 32.3. The van der Waals surface area contributed by atoms with Crippen molar-refractivity contribution in [3.05, 3.63) is 154 Å². The van der Waals surface area contributed by atoms with E-state index in [4.69, 9.17) is 23.7 Å². The van der Waals surface area contributed by atoms with Crippen LogP contribution < -0.4 is 0 Å². The Morgan fingerprint density at radius 3 is 1.49 bits per heavy atom. The molecule has 1 aliphatic rings. The maximum atomic E-state index is 6.61. The summed E-state index contributed by atoms with van der Waals surface area (Å²) in [5.41, 5.74) is 5.14. The van der Waals surface area contributed by atoms with Gasteiger partial charge in [-0.1, -0.05) is 137 Å². The van der Waals surface area contributed by atoms with Crippen LogP contribution in [0.1, 0.15) is 22.3 Å². The van der Waals surface area contributed by atoms with Gasteiger partial charge in [-0.3, -0.25) is 0 Å². The van der Waals surface area contributed by atoms with E-state index in [-0.39, 0.29) is 0 Å². The lowest BCUT2D eigenvalue weighted by Crippen LogP contribution is -2.54. The molecule has 0 N–H and O–H groups in total. The molecule has 1 fully saturated rings. The van der Waals surface area contributed by atoms with Gasteiger partial charge in [0, 0.05) is 5.57 Å². The number of benzene rings is 4. The highest BCUT2D eigenvalue weighted by molar-refractivity contribution is 9.11. The van der Waals surface area contributed by atoms with Gasteiger partial charge in [-0.15, -0.1) is 0 Å². The Morgan fingerprint density at radius 1 is 0.561 bits per heavy atom. The largest absolute Gasteiger partial charge is 0.374 e. The van der Waals surface area contributed by atoms with E-state index in [1.165, 1.54) is 0 Å². The fourth-order valence-electron chi connectivity index (χ4n) is 4.74. The maximum Gasteiger partial charge on any atom is 0.184 e. The lowest BCUT2D eigenvalue weighted by atomic mass is 9.96. The first-order valence-electron chi connectivity index (χ1n) is 13.8. The fraction of sp³-hybridized carbons (Fsp3) is 0.257. The number of rotatable bonds is 13. The molecule has 41 heavy (non-hydrogen) atoms. The second-order valence-corrected chi connectivity index (χ2v) is 10.3. The van der Waals surface area contributed by atoms with Gasteiger partial charge in [-0.05, 0) is 27.2 Å². The Morgan fingerprint density at radius 2 is 1.00 bits per heavy atom. The number of halogens is 1. The minimum Gasteiger partial charge on any atom is -0.374 e. The molecule has 1 heterocycles. The molecular weight excluding hydrogens is 580 g/mol. The van der Waals surface area contributed by atoms with E-state index >= 15 is 0 Å². The standard InChI is InChI=1S/C35H35BrO5/c36-21-31-33(38-23-28-15-7-2-8-16-28)34(39-24-29-17-9-3-10-18-29)32(26-37-22-27-13-5-1-6-14-27)41-35(31)40-25-30-19-11-4-12-20-30/h1-21,32-35H,22-26H2/b31-21+/t32-,33-,34-,35+/m1/s1. The van der Waals surface area contributed by atoms with Crippen molar-refractivity contribution in [3.8, 4) is 0 Å². The van der Waals surface area contributed by atoms with Crippen LogP contribution in [0.3, 0.4) is 0 Å². The molecule has 212 valence electrons. The van der Waals surface area contributed by atoms with Crippen LogP contribution in [-0.4, -0.2) is 31.2 Å².